The smallest absolute Gasteiger partial charge is 0.225 e. The van der Waals surface area contributed by atoms with Crippen molar-refractivity contribution in [3.05, 3.63) is 89.0 Å². The van der Waals surface area contributed by atoms with Gasteiger partial charge in [-0.15, -0.1) is 0 Å². The van der Waals surface area contributed by atoms with Crippen molar-refractivity contribution in [3.8, 4) is 5.75 Å². The van der Waals surface area contributed by atoms with E-state index in [-0.39, 0.29) is 0 Å². The van der Waals surface area contributed by atoms with Gasteiger partial charge in [0.2, 0.25) is 5.95 Å². The molecule has 198 valence electrons. The van der Waals surface area contributed by atoms with Gasteiger partial charge in [0.05, 0.1) is 5.52 Å². The van der Waals surface area contributed by atoms with E-state index in [4.69, 9.17) is 14.7 Å². The lowest BCUT2D eigenvalue weighted by Crippen LogP contribution is -2.37. The molecular formula is C32H39N5O. The summed E-state index contributed by atoms with van der Waals surface area (Å²) >= 11 is 0. The molecule has 1 aliphatic carbocycles. The Labute approximate surface area is 226 Å². The third kappa shape index (κ3) is 6.25. The molecule has 0 bridgehead atoms. The number of anilines is 2. The van der Waals surface area contributed by atoms with Crippen molar-refractivity contribution >= 4 is 22.7 Å². The molecule has 1 heterocycles. The summed E-state index contributed by atoms with van der Waals surface area (Å²) in [5.41, 5.74) is 5.86. The summed E-state index contributed by atoms with van der Waals surface area (Å²) in [6, 6.07) is 24.0. The highest BCUT2D eigenvalue weighted by Gasteiger charge is 2.22. The quantitative estimate of drug-likeness (QED) is 0.272. The largest absolute Gasteiger partial charge is 0.488 e. The van der Waals surface area contributed by atoms with Crippen LogP contribution in [0.2, 0.25) is 0 Å². The fourth-order valence-electron chi connectivity index (χ4n) is 5.45. The zero-order valence-electron chi connectivity index (χ0n) is 23.0. The number of rotatable bonds is 9. The lowest BCUT2D eigenvalue weighted by atomic mass is 9.91. The summed E-state index contributed by atoms with van der Waals surface area (Å²) in [5, 5.41) is 8.49. The molecule has 0 spiro atoms. The molecule has 2 N–H and O–H groups in total. The fourth-order valence-corrected chi connectivity index (χ4v) is 5.45. The maximum absolute atomic E-state index is 6.17. The van der Waals surface area contributed by atoms with Gasteiger partial charge < -0.3 is 20.3 Å². The zero-order valence-corrected chi connectivity index (χ0v) is 23.0. The predicted molar refractivity (Wildman–Crippen MR) is 157 cm³/mol. The average Bonchev–Trinajstić information content (AvgIpc) is 2.92. The van der Waals surface area contributed by atoms with Gasteiger partial charge in [0.25, 0.3) is 0 Å². The van der Waals surface area contributed by atoms with Crippen LogP contribution in [0.1, 0.15) is 47.9 Å². The number of nitrogens with zero attached hydrogens (tertiary/aromatic N) is 3. The van der Waals surface area contributed by atoms with Crippen molar-refractivity contribution in [2.45, 2.75) is 64.8 Å². The van der Waals surface area contributed by atoms with Gasteiger partial charge in [-0.2, -0.15) is 4.98 Å². The molecule has 0 aliphatic heterocycles. The molecule has 5 rings (SSSR count). The van der Waals surface area contributed by atoms with Crippen molar-refractivity contribution in [1.82, 2.24) is 15.3 Å². The van der Waals surface area contributed by atoms with E-state index >= 15 is 0 Å². The van der Waals surface area contributed by atoms with Crippen LogP contribution in [-0.2, 0) is 13.2 Å². The molecule has 0 radical (unpaired) electrons. The van der Waals surface area contributed by atoms with E-state index in [1.54, 1.807) is 0 Å². The van der Waals surface area contributed by atoms with Crippen LogP contribution in [0.3, 0.4) is 0 Å². The highest BCUT2D eigenvalue weighted by Crippen LogP contribution is 2.28. The normalized spacial score (nSPS) is 17.4. The number of benzene rings is 3. The molecule has 0 amide bonds. The standard InChI is InChI=1S/C32H39N5O/c1-22-18-25(19-23(2)30(22)38-21-24-10-6-5-7-11-24)20-33-26-14-16-27(17-15-26)34-32-35-29-13-9-8-12-28(29)31(36-32)37(3)4/h5-13,18-19,26-27,33H,14-17,20-21H2,1-4H3,(H,34,35,36)/t26-,27+. The summed E-state index contributed by atoms with van der Waals surface area (Å²) in [7, 11) is 4.06. The van der Waals surface area contributed by atoms with E-state index in [2.05, 4.69) is 77.9 Å². The number of hydrogen-bond donors (Lipinski definition) is 2. The van der Waals surface area contributed by atoms with Gasteiger partial charge in [0.1, 0.15) is 18.2 Å². The van der Waals surface area contributed by atoms with Gasteiger partial charge in [-0.05, 0) is 73.9 Å². The molecule has 6 heteroatoms. The second kappa shape index (κ2) is 11.8. The van der Waals surface area contributed by atoms with Crippen LogP contribution < -0.4 is 20.3 Å². The van der Waals surface area contributed by atoms with Gasteiger partial charge in [0.15, 0.2) is 0 Å². The van der Waals surface area contributed by atoms with Gasteiger partial charge in [-0.3, -0.25) is 0 Å². The molecule has 38 heavy (non-hydrogen) atoms. The van der Waals surface area contributed by atoms with E-state index in [0.717, 1.165) is 60.6 Å². The summed E-state index contributed by atoms with van der Waals surface area (Å²) in [6.07, 6.45) is 4.50. The van der Waals surface area contributed by atoms with Gasteiger partial charge in [-0.1, -0.05) is 54.6 Å². The summed E-state index contributed by atoms with van der Waals surface area (Å²) in [4.78, 5) is 11.7. The van der Waals surface area contributed by atoms with Crippen LogP contribution in [0.25, 0.3) is 10.9 Å². The Bertz CT molecular complexity index is 1340. The van der Waals surface area contributed by atoms with Crippen molar-refractivity contribution in [2.75, 3.05) is 24.3 Å². The van der Waals surface area contributed by atoms with E-state index in [1.807, 2.05) is 32.3 Å². The molecule has 0 unspecified atom stereocenters. The lowest BCUT2D eigenvalue weighted by molar-refractivity contribution is 0.301. The van der Waals surface area contributed by atoms with Crippen molar-refractivity contribution < 1.29 is 4.74 Å². The first-order valence-electron chi connectivity index (χ1n) is 13.7. The van der Waals surface area contributed by atoms with Crippen LogP contribution in [0.5, 0.6) is 5.75 Å². The van der Waals surface area contributed by atoms with Crippen molar-refractivity contribution in [2.24, 2.45) is 0 Å². The predicted octanol–water partition coefficient (Wildman–Crippen LogP) is 6.40. The second-order valence-electron chi connectivity index (χ2n) is 10.7. The van der Waals surface area contributed by atoms with Crippen LogP contribution >= 0.6 is 0 Å². The number of fused-ring (bicyclic) bond motifs is 1. The Morgan fingerprint density at radius 1 is 0.816 bits per heavy atom. The average molecular weight is 510 g/mol. The number of aromatic nitrogens is 2. The molecule has 0 saturated heterocycles. The maximum atomic E-state index is 6.17. The highest BCUT2D eigenvalue weighted by atomic mass is 16.5. The Morgan fingerprint density at radius 3 is 2.18 bits per heavy atom. The van der Waals surface area contributed by atoms with Crippen molar-refractivity contribution in [3.63, 3.8) is 0 Å². The maximum Gasteiger partial charge on any atom is 0.225 e. The topological polar surface area (TPSA) is 62.3 Å². The van der Waals surface area contributed by atoms with Gasteiger partial charge in [-0.25, -0.2) is 4.98 Å². The van der Waals surface area contributed by atoms with Gasteiger partial charge >= 0.3 is 0 Å². The number of aryl methyl sites for hydroxylation is 2. The molecule has 4 aromatic rings. The van der Waals surface area contributed by atoms with E-state index in [9.17, 15) is 0 Å². The second-order valence-corrected chi connectivity index (χ2v) is 10.7. The van der Waals surface area contributed by atoms with Crippen molar-refractivity contribution in [1.29, 1.82) is 0 Å². The molecule has 1 fully saturated rings. The Kier molecular flexibility index (Phi) is 8.08. The Hall–Kier alpha value is -3.64. The molecule has 3 aromatic carbocycles. The summed E-state index contributed by atoms with van der Waals surface area (Å²) in [5.74, 6) is 2.68. The molecule has 1 saturated carbocycles. The third-order valence-corrected chi connectivity index (χ3v) is 7.41. The van der Waals surface area contributed by atoms with Crippen LogP contribution in [0.15, 0.2) is 66.7 Å². The van der Waals surface area contributed by atoms with E-state index in [0.29, 0.717) is 18.7 Å². The molecule has 1 aliphatic rings. The zero-order chi connectivity index (χ0) is 26.5. The number of hydrogen-bond acceptors (Lipinski definition) is 6. The number of ether oxygens (including phenoxy) is 1. The Morgan fingerprint density at radius 2 is 1.47 bits per heavy atom. The minimum Gasteiger partial charge on any atom is -0.488 e. The highest BCUT2D eigenvalue weighted by molar-refractivity contribution is 5.90. The SMILES string of the molecule is Cc1cc(CN[C@H]2CC[C@@H](Nc3nc(N(C)C)c4ccccc4n3)CC2)cc(C)c1OCc1ccccc1. The van der Waals surface area contributed by atoms with E-state index < -0.39 is 0 Å². The molecule has 6 nitrogen and oxygen atoms in total. The summed E-state index contributed by atoms with van der Waals surface area (Å²) in [6.45, 7) is 5.76. The van der Waals surface area contributed by atoms with Crippen LogP contribution in [0.4, 0.5) is 11.8 Å². The summed E-state index contributed by atoms with van der Waals surface area (Å²) < 4.78 is 6.17. The molecule has 1 aromatic heterocycles. The minimum absolute atomic E-state index is 0.398. The fraction of sp³-hybridized carbons (Fsp3) is 0.375. The monoisotopic (exact) mass is 509 g/mol. The first kappa shape index (κ1) is 26.0. The van der Waals surface area contributed by atoms with Gasteiger partial charge in [0, 0.05) is 38.1 Å². The first-order valence-corrected chi connectivity index (χ1v) is 13.7. The first-order chi connectivity index (χ1) is 18.5. The lowest BCUT2D eigenvalue weighted by Gasteiger charge is -2.30. The molecule has 0 atom stereocenters. The number of nitrogens with one attached hydrogen (secondary N) is 2. The van der Waals surface area contributed by atoms with Crippen LogP contribution in [0, 0.1) is 13.8 Å². The number of para-hydroxylation sites is 1. The molecular weight excluding hydrogens is 470 g/mol. The van der Waals surface area contributed by atoms with Crippen LogP contribution in [-0.4, -0.2) is 36.1 Å². The minimum atomic E-state index is 0.398. The Balaban J connectivity index is 1.13. The third-order valence-electron chi connectivity index (χ3n) is 7.41. The van der Waals surface area contributed by atoms with E-state index in [1.165, 1.54) is 22.3 Å².